The summed E-state index contributed by atoms with van der Waals surface area (Å²) < 4.78 is 55.7. The van der Waals surface area contributed by atoms with Gasteiger partial charge < -0.3 is 13.7 Å². The summed E-state index contributed by atoms with van der Waals surface area (Å²) in [5, 5.41) is 0.582. The summed E-state index contributed by atoms with van der Waals surface area (Å²) in [6, 6.07) is 12.2. The van der Waals surface area contributed by atoms with Crippen LogP contribution < -0.4 is 4.74 Å². The second-order valence-electron chi connectivity index (χ2n) is 8.03. The molecule has 0 amide bonds. The maximum atomic E-state index is 14.6. The third-order valence-electron chi connectivity index (χ3n) is 5.75. The average molecular weight is 546 g/mol. The van der Waals surface area contributed by atoms with Crippen LogP contribution in [-0.2, 0) is 12.7 Å². The summed E-state index contributed by atoms with van der Waals surface area (Å²) in [5.41, 5.74) is -0.707. The highest BCUT2D eigenvalue weighted by Gasteiger charge is 2.42. The van der Waals surface area contributed by atoms with E-state index in [4.69, 9.17) is 32.4 Å². The molecular weight excluding hydrogens is 530 g/mol. The summed E-state index contributed by atoms with van der Waals surface area (Å²) in [6.07, 6.45) is -0.788. The van der Waals surface area contributed by atoms with Gasteiger partial charge in [-0.25, -0.2) is 4.98 Å². The van der Waals surface area contributed by atoms with E-state index in [1.807, 2.05) is 0 Å². The van der Waals surface area contributed by atoms with Crippen molar-refractivity contribution in [3.05, 3.63) is 99.7 Å². The number of carbonyl (C=O) groups is 1. The number of aromatic nitrogens is 3. The zero-order chi connectivity index (χ0) is 26.3. The number of rotatable bonds is 6. The topological polar surface area (TPSA) is 70.2 Å². The molecule has 0 aliphatic carbocycles. The van der Waals surface area contributed by atoms with Crippen molar-refractivity contribution in [3.8, 4) is 17.2 Å². The van der Waals surface area contributed by atoms with Gasteiger partial charge in [-0.05, 0) is 48.0 Å². The van der Waals surface area contributed by atoms with Crippen molar-refractivity contribution in [3.63, 3.8) is 0 Å². The van der Waals surface area contributed by atoms with Gasteiger partial charge in [-0.15, -0.1) is 0 Å². The standard InChI is InChI=1S/C26H16Cl2F3N3O3/c1-36-17-6-7-20-18(10-17)22(23(35)21-12-33-25(37-21)14-3-2-8-32-11-14)24(26(29,30)31)34(20)13-15-4-5-16(27)9-19(15)28/h2-12H,13H2,1H3. The first-order chi connectivity index (χ1) is 17.7. The molecule has 3 heterocycles. The van der Waals surface area contributed by atoms with Crippen molar-refractivity contribution in [1.29, 1.82) is 0 Å². The lowest BCUT2D eigenvalue weighted by Gasteiger charge is -2.15. The summed E-state index contributed by atoms with van der Waals surface area (Å²) >= 11 is 12.2. The second kappa shape index (κ2) is 9.57. The van der Waals surface area contributed by atoms with Crippen LogP contribution in [0.1, 0.15) is 27.4 Å². The molecule has 0 aliphatic rings. The Morgan fingerprint density at radius 2 is 1.92 bits per heavy atom. The van der Waals surface area contributed by atoms with Gasteiger partial charge in [0.15, 0.2) is 5.76 Å². The van der Waals surface area contributed by atoms with Crippen molar-refractivity contribution in [2.75, 3.05) is 7.11 Å². The zero-order valence-corrected chi connectivity index (χ0v) is 20.5. The Morgan fingerprint density at radius 3 is 2.59 bits per heavy atom. The van der Waals surface area contributed by atoms with E-state index in [0.29, 0.717) is 16.1 Å². The third kappa shape index (κ3) is 4.68. The number of ketones is 1. The van der Waals surface area contributed by atoms with Gasteiger partial charge in [-0.3, -0.25) is 9.78 Å². The SMILES string of the molecule is COc1ccc2c(c1)c(C(=O)c1cnc(-c3cccnc3)o1)c(C(F)(F)F)n2Cc1ccc(Cl)cc1Cl. The van der Waals surface area contributed by atoms with Gasteiger partial charge >= 0.3 is 6.18 Å². The van der Waals surface area contributed by atoms with Crippen LogP contribution in [0.15, 0.2) is 71.5 Å². The van der Waals surface area contributed by atoms with Gasteiger partial charge in [0.05, 0.1) is 24.4 Å². The Hall–Kier alpha value is -3.82. The van der Waals surface area contributed by atoms with Crippen LogP contribution in [0.2, 0.25) is 10.0 Å². The maximum absolute atomic E-state index is 14.6. The van der Waals surface area contributed by atoms with Crippen LogP contribution >= 0.6 is 23.2 Å². The normalized spacial score (nSPS) is 11.7. The van der Waals surface area contributed by atoms with Crippen LogP contribution in [0.5, 0.6) is 5.75 Å². The predicted molar refractivity (Wildman–Crippen MR) is 132 cm³/mol. The van der Waals surface area contributed by atoms with Crippen molar-refractivity contribution < 1.29 is 27.1 Å². The molecule has 0 unspecified atom stereocenters. The molecule has 0 saturated heterocycles. The lowest BCUT2D eigenvalue weighted by Crippen LogP contribution is -2.18. The van der Waals surface area contributed by atoms with E-state index in [1.165, 1.54) is 49.7 Å². The number of hydrogen-bond acceptors (Lipinski definition) is 5. The molecule has 0 aliphatic heterocycles. The number of nitrogens with zero attached hydrogens (tertiary/aromatic N) is 3. The van der Waals surface area contributed by atoms with Gasteiger partial charge in [0.1, 0.15) is 11.4 Å². The number of pyridine rings is 1. The molecule has 3 aromatic heterocycles. The Kier molecular flexibility index (Phi) is 6.43. The largest absolute Gasteiger partial charge is 0.497 e. The monoisotopic (exact) mass is 545 g/mol. The van der Waals surface area contributed by atoms with Crippen molar-refractivity contribution in [1.82, 2.24) is 14.5 Å². The molecule has 188 valence electrons. The van der Waals surface area contributed by atoms with Crippen LogP contribution in [-0.4, -0.2) is 27.4 Å². The van der Waals surface area contributed by atoms with Gasteiger partial charge in [0, 0.05) is 39.9 Å². The molecule has 0 spiro atoms. The van der Waals surface area contributed by atoms with Crippen molar-refractivity contribution >= 4 is 39.9 Å². The maximum Gasteiger partial charge on any atom is 0.432 e. The Bertz CT molecular complexity index is 1630. The quantitative estimate of drug-likeness (QED) is 0.209. The molecule has 5 aromatic rings. The molecule has 0 bridgehead atoms. The summed E-state index contributed by atoms with van der Waals surface area (Å²) in [6.45, 7) is -0.266. The number of fused-ring (bicyclic) bond motifs is 1. The minimum Gasteiger partial charge on any atom is -0.497 e. The van der Waals surface area contributed by atoms with E-state index in [-0.39, 0.29) is 39.9 Å². The minimum atomic E-state index is -4.90. The zero-order valence-electron chi connectivity index (χ0n) is 19.0. The summed E-state index contributed by atoms with van der Waals surface area (Å²) in [5.74, 6) is -0.991. The molecule has 0 radical (unpaired) electrons. The van der Waals surface area contributed by atoms with Crippen LogP contribution in [0.3, 0.4) is 0 Å². The van der Waals surface area contributed by atoms with Crippen LogP contribution in [0.4, 0.5) is 13.2 Å². The van der Waals surface area contributed by atoms with E-state index in [2.05, 4.69) is 9.97 Å². The molecule has 0 N–H and O–H groups in total. The summed E-state index contributed by atoms with van der Waals surface area (Å²) in [4.78, 5) is 21.6. The lowest BCUT2D eigenvalue weighted by molar-refractivity contribution is -0.143. The Morgan fingerprint density at radius 1 is 1.11 bits per heavy atom. The third-order valence-corrected chi connectivity index (χ3v) is 6.33. The van der Waals surface area contributed by atoms with E-state index >= 15 is 0 Å². The Balaban J connectivity index is 1.73. The van der Waals surface area contributed by atoms with Crippen LogP contribution in [0.25, 0.3) is 22.4 Å². The highest BCUT2D eigenvalue weighted by molar-refractivity contribution is 6.35. The fourth-order valence-corrected chi connectivity index (χ4v) is 4.56. The van der Waals surface area contributed by atoms with E-state index in [1.54, 1.807) is 18.3 Å². The minimum absolute atomic E-state index is 0.0427. The fourth-order valence-electron chi connectivity index (χ4n) is 4.09. The molecule has 37 heavy (non-hydrogen) atoms. The molecule has 5 rings (SSSR count). The first-order valence-electron chi connectivity index (χ1n) is 10.8. The predicted octanol–water partition coefficient (Wildman–Crippen LogP) is 7.30. The van der Waals surface area contributed by atoms with Gasteiger partial charge in [0.25, 0.3) is 0 Å². The van der Waals surface area contributed by atoms with Gasteiger partial charge in [0.2, 0.25) is 11.7 Å². The molecule has 0 fully saturated rings. The van der Waals surface area contributed by atoms with Crippen molar-refractivity contribution in [2.45, 2.75) is 12.7 Å². The van der Waals surface area contributed by atoms with Crippen molar-refractivity contribution in [2.24, 2.45) is 0 Å². The molecule has 2 aromatic carbocycles. The fraction of sp³-hybridized carbons (Fsp3) is 0.115. The smallest absolute Gasteiger partial charge is 0.432 e. The number of ether oxygens (including phenoxy) is 1. The average Bonchev–Trinajstić information content (AvgIpc) is 3.49. The summed E-state index contributed by atoms with van der Waals surface area (Å²) in [7, 11) is 1.38. The second-order valence-corrected chi connectivity index (χ2v) is 8.87. The number of benzene rings is 2. The first-order valence-corrected chi connectivity index (χ1v) is 11.5. The number of alkyl halides is 3. The van der Waals surface area contributed by atoms with E-state index in [0.717, 1.165) is 10.8 Å². The lowest BCUT2D eigenvalue weighted by atomic mass is 10.0. The van der Waals surface area contributed by atoms with Crippen LogP contribution in [0, 0.1) is 0 Å². The number of methoxy groups -OCH3 is 1. The first kappa shape index (κ1) is 24.9. The highest BCUT2D eigenvalue weighted by atomic mass is 35.5. The number of oxazole rings is 1. The van der Waals surface area contributed by atoms with Gasteiger partial charge in [-0.1, -0.05) is 29.3 Å². The molecule has 0 saturated carbocycles. The van der Waals surface area contributed by atoms with E-state index < -0.39 is 23.2 Å². The highest BCUT2D eigenvalue weighted by Crippen LogP contribution is 2.41. The molecular formula is C26H16Cl2F3N3O3. The van der Waals surface area contributed by atoms with Gasteiger partial charge in [-0.2, -0.15) is 13.2 Å². The molecule has 0 atom stereocenters. The number of hydrogen-bond donors (Lipinski definition) is 0. The number of carbonyl (C=O) groups excluding carboxylic acids is 1. The van der Waals surface area contributed by atoms with E-state index in [9.17, 15) is 18.0 Å². The molecule has 11 heteroatoms. The Labute approximate surface area is 218 Å². The number of halogens is 5. The molecule has 6 nitrogen and oxygen atoms in total.